The van der Waals surface area contributed by atoms with E-state index in [1.807, 2.05) is 14.1 Å². The average Bonchev–Trinajstić information content (AvgIpc) is 2.32. The highest BCUT2D eigenvalue weighted by atomic mass is 19.1. The van der Waals surface area contributed by atoms with Crippen LogP contribution in [0.5, 0.6) is 0 Å². The van der Waals surface area contributed by atoms with Crippen LogP contribution >= 0.6 is 0 Å². The summed E-state index contributed by atoms with van der Waals surface area (Å²) in [4.78, 5) is 3.85. The van der Waals surface area contributed by atoms with Gasteiger partial charge in [-0.3, -0.25) is 0 Å². The molecule has 20 heavy (non-hydrogen) atoms. The molecule has 1 fully saturated rings. The second-order valence-corrected chi connectivity index (χ2v) is 5.94. The van der Waals surface area contributed by atoms with E-state index in [1.165, 1.54) is 18.6 Å². The van der Waals surface area contributed by atoms with Gasteiger partial charge in [-0.15, -0.1) is 0 Å². The van der Waals surface area contributed by atoms with Gasteiger partial charge in [0.05, 0.1) is 0 Å². The highest BCUT2D eigenvalue weighted by molar-refractivity contribution is 5.50. The lowest BCUT2D eigenvalue weighted by Gasteiger charge is -2.49. The fraction of sp³-hybridized carbons (Fsp3) is 0.600. The monoisotopic (exact) mass is 283 g/mol. The van der Waals surface area contributed by atoms with Gasteiger partial charge in [-0.1, -0.05) is 0 Å². The van der Waals surface area contributed by atoms with Gasteiger partial charge in [-0.05, 0) is 51.1 Å². The molecular formula is C15H23F2N3. The molecule has 0 radical (unpaired) electrons. The SMILES string of the molecule is CN(CC1(N(C)C)CCC1)c1c(F)cc(CN)cc1F. The second kappa shape index (κ2) is 5.66. The Balaban J connectivity index is 2.23. The maximum atomic E-state index is 14.1. The van der Waals surface area contributed by atoms with E-state index < -0.39 is 11.6 Å². The molecule has 1 aliphatic carbocycles. The Morgan fingerprint density at radius 3 is 2.05 bits per heavy atom. The Morgan fingerprint density at radius 2 is 1.70 bits per heavy atom. The third kappa shape index (κ3) is 2.65. The van der Waals surface area contributed by atoms with Crippen LogP contribution in [-0.4, -0.2) is 38.1 Å². The number of hydrogen-bond donors (Lipinski definition) is 1. The number of hydrogen-bond acceptors (Lipinski definition) is 3. The third-order valence-corrected chi connectivity index (χ3v) is 4.46. The zero-order valence-corrected chi connectivity index (χ0v) is 12.4. The zero-order chi connectivity index (χ0) is 14.9. The molecule has 0 heterocycles. The first-order chi connectivity index (χ1) is 9.39. The smallest absolute Gasteiger partial charge is 0.149 e. The van der Waals surface area contributed by atoms with Gasteiger partial charge >= 0.3 is 0 Å². The summed E-state index contributed by atoms with van der Waals surface area (Å²) in [6, 6.07) is 2.63. The van der Waals surface area contributed by atoms with Crippen molar-refractivity contribution in [3.8, 4) is 0 Å². The lowest BCUT2D eigenvalue weighted by molar-refractivity contribution is 0.0681. The minimum Gasteiger partial charge on any atom is -0.368 e. The Labute approximate surface area is 119 Å². The number of nitrogens with two attached hydrogens (primary N) is 1. The molecule has 0 spiro atoms. The van der Waals surface area contributed by atoms with Crippen LogP contribution in [0, 0.1) is 11.6 Å². The summed E-state index contributed by atoms with van der Waals surface area (Å²) >= 11 is 0. The van der Waals surface area contributed by atoms with Crippen LogP contribution < -0.4 is 10.6 Å². The molecule has 1 aromatic carbocycles. The first kappa shape index (κ1) is 15.2. The molecule has 0 saturated heterocycles. The molecule has 0 amide bonds. The Morgan fingerprint density at radius 1 is 1.15 bits per heavy atom. The van der Waals surface area contributed by atoms with Gasteiger partial charge < -0.3 is 15.5 Å². The van der Waals surface area contributed by atoms with Crippen molar-refractivity contribution in [2.75, 3.05) is 32.6 Å². The minimum absolute atomic E-state index is 0.0279. The molecule has 1 saturated carbocycles. The molecule has 3 nitrogen and oxygen atoms in total. The Bertz CT molecular complexity index is 461. The van der Waals surface area contributed by atoms with E-state index in [1.54, 1.807) is 11.9 Å². The van der Waals surface area contributed by atoms with Gasteiger partial charge in [0, 0.05) is 25.7 Å². The second-order valence-electron chi connectivity index (χ2n) is 5.94. The average molecular weight is 283 g/mol. The summed E-state index contributed by atoms with van der Waals surface area (Å²) in [6.07, 6.45) is 3.30. The molecule has 2 N–H and O–H groups in total. The van der Waals surface area contributed by atoms with Gasteiger partial charge in [-0.25, -0.2) is 8.78 Å². The molecule has 0 aromatic heterocycles. The predicted octanol–water partition coefficient (Wildman–Crippen LogP) is 2.34. The first-order valence-electron chi connectivity index (χ1n) is 6.96. The number of halogens is 2. The summed E-state index contributed by atoms with van der Waals surface area (Å²) in [5.41, 5.74) is 5.97. The maximum Gasteiger partial charge on any atom is 0.149 e. The summed E-state index contributed by atoms with van der Waals surface area (Å²) in [5.74, 6) is -1.08. The molecule has 1 aromatic rings. The summed E-state index contributed by atoms with van der Waals surface area (Å²) < 4.78 is 28.2. The van der Waals surface area contributed by atoms with Crippen molar-refractivity contribution >= 4 is 5.69 Å². The number of likely N-dealkylation sites (N-methyl/N-ethyl adjacent to an activating group) is 2. The highest BCUT2D eigenvalue weighted by Crippen LogP contribution is 2.38. The topological polar surface area (TPSA) is 32.5 Å². The van der Waals surface area contributed by atoms with E-state index in [0.717, 1.165) is 12.8 Å². The first-order valence-corrected chi connectivity index (χ1v) is 6.96. The van der Waals surface area contributed by atoms with Gasteiger partial charge in [0.2, 0.25) is 0 Å². The van der Waals surface area contributed by atoms with Crippen LogP contribution in [0.3, 0.4) is 0 Å². The molecule has 2 rings (SSSR count). The predicted molar refractivity (Wildman–Crippen MR) is 77.8 cm³/mol. The van der Waals surface area contributed by atoms with Gasteiger partial charge in [0.1, 0.15) is 17.3 Å². The Hall–Kier alpha value is -1.20. The standard InChI is InChI=1S/C15H23F2N3/c1-19(2)15(5-4-6-15)10-20(3)14-12(16)7-11(9-18)8-13(14)17/h7-8H,4-6,9-10,18H2,1-3H3. The molecular weight excluding hydrogens is 260 g/mol. The van der Waals surface area contributed by atoms with Crippen LogP contribution in [0.1, 0.15) is 24.8 Å². The molecule has 0 atom stereocenters. The number of anilines is 1. The number of benzene rings is 1. The molecule has 1 aliphatic rings. The van der Waals surface area contributed by atoms with E-state index >= 15 is 0 Å². The van der Waals surface area contributed by atoms with Crippen molar-refractivity contribution in [3.63, 3.8) is 0 Å². The van der Waals surface area contributed by atoms with Crippen molar-refractivity contribution < 1.29 is 8.78 Å². The minimum atomic E-state index is -0.541. The van der Waals surface area contributed by atoms with E-state index in [2.05, 4.69) is 4.90 Å². The van der Waals surface area contributed by atoms with E-state index in [0.29, 0.717) is 12.1 Å². The van der Waals surface area contributed by atoms with Crippen LogP contribution in [0.25, 0.3) is 0 Å². The summed E-state index contributed by atoms with van der Waals surface area (Å²) in [6.45, 7) is 0.759. The largest absolute Gasteiger partial charge is 0.368 e. The van der Waals surface area contributed by atoms with E-state index in [-0.39, 0.29) is 17.8 Å². The fourth-order valence-corrected chi connectivity index (χ4v) is 2.95. The van der Waals surface area contributed by atoms with Crippen molar-refractivity contribution in [2.45, 2.75) is 31.3 Å². The number of rotatable bonds is 5. The lowest BCUT2D eigenvalue weighted by atomic mass is 9.75. The lowest BCUT2D eigenvalue weighted by Crippen LogP contribution is -2.57. The Kier molecular flexibility index (Phi) is 4.30. The quantitative estimate of drug-likeness (QED) is 0.900. The molecule has 0 unspecified atom stereocenters. The molecule has 0 aliphatic heterocycles. The van der Waals surface area contributed by atoms with Crippen molar-refractivity contribution in [1.82, 2.24) is 4.90 Å². The van der Waals surface area contributed by atoms with Crippen molar-refractivity contribution in [3.05, 3.63) is 29.3 Å². The van der Waals surface area contributed by atoms with Crippen LogP contribution in [0.15, 0.2) is 12.1 Å². The van der Waals surface area contributed by atoms with Crippen LogP contribution in [0.4, 0.5) is 14.5 Å². The van der Waals surface area contributed by atoms with Crippen molar-refractivity contribution in [2.24, 2.45) is 5.73 Å². The maximum absolute atomic E-state index is 14.1. The van der Waals surface area contributed by atoms with Gasteiger partial charge in [0.25, 0.3) is 0 Å². The fourth-order valence-electron chi connectivity index (χ4n) is 2.95. The zero-order valence-electron chi connectivity index (χ0n) is 12.4. The summed E-state index contributed by atoms with van der Waals surface area (Å²) in [5, 5.41) is 0. The van der Waals surface area contributed by atoms with E-state index in [9.17, 15) is 8.78 Å². The van der Waals surface area contributed by atoms with Gasteiger partial charge in [0.15, 0.2) is 0 Å². The van der Waals surface area contributed by atoms with Crippen LogP contribution in [0.2, 0.25) is 0 Å². The third-order valence-electron chi connectivity index (χ3n) is 4.46. The highest BCUT2D eigenvalue weighted by Gasteiger charge is 2.40. The summed E-state index contributed by atoms with van der Waals surface area (Å²) in [7, 11) is 5.79. The van der Waals surface area contributed by atoms with E-state index in [4.69, 9.17) is 5.73 Å². The normalized spacial score (nSPS) is 17.1. The van der Waals surface area contributed by atoms with Crippen molar-refractivity contribution in [1.29, 1.82) is 0 Å². The van der Waals surface area contributed by atoms with Gasteiger partial charge in [-0.2, -0.15) is 0 Å². The van der Waals surface area contributed by atoms with Crippen LogP contribution in [-0.2, 0) is 6.54 Å². The molecule has 0 bridgehead atoms. The number of nitrogens with zero attached hydrogens (tertiary/aromatic N) is 2. The molecule has 112 valence electrons. The molecule has 5 heteroatoms.